The first-order chi connectivity index (χ1) is 10.5. The Labute approximate surface area is 139 Å². The summed E-state index contributed by atoms with van der Waals surface area (Å²) in [6.07, 6.45) is 4.08. The van der Waals surface area contributed by atoms with Crippen LogP contribution in [0.4, 0.5) is 0 Å². The molecule has 1 aliphatic carbocycles. The van der Waals surface area contributed by atoms with Crippen molar-refractivity contribution in [1.82, 2.24) is 15.2 Å². The summed E-state index contributed by atoms with van der Waals surface area (Å²) < 4.78 is 0. The van der Waals surface area contributed by atoms with Crippen molar-refractivity contribution in [3.05, 3.63) is 21.9 Å². The van der Waals surface area contributed by atoms with Crippen LogP contribution in [0, 0.1) is 11.8 Å². The van der Waals surface area contributed by atoms with Crippen LogP contribution in [0.3, 0.4) is 0 Å². The van der Waals surface area contributed by atoms with Gasteiger partial charge in [-0.05, 0) is 37.7 Å². The van der Waals surface area contributed by atoms with Crippen molar-refractivity contribution < 1.29 is 9.59 Å². The number of hydrogen-bond acceptors (Lipinski definition) is 2. The van der Waals surface area contributed by atoms with E-state index in [4.69, 9.17) is 23.2 Å². The van der Waals surface area contributed by atoms with E-state index in [-0.39, 0.29) is 22.9 Å². The summed E-state index contributed by atoms with van der Waals surface area (Å²) in [5.74, 6) is 0.436. The van der Waals surface area contributed by atoms with Gasteiger partial charge >= 0.3 is 0 Å². The maximum absolute atomic E-state index is 12.5. The van der Waals surface area contributed by atoms with E-state index in [1.165, 1.54) is 18.9 Å². The first-order valence-corrected chi connectivity index (χ1v) is 8.41. The first-order valence-electron chi connectivity index (χ1n) is 7.65. The van der Waals surface area contributed by atoms with Crippen LogP contribution in [0.15, 0.2) is 6.07 Å². The molecule has 0 radical (unpaired) electrons. The molecule has 2 fully saturated rings. The van der Waals surface area contributed by atoms with Crippen LogP contribution in [-0.2, 0) is 4.79 Å². The summed E-state index contributed by atoms with van der Waals surface area (Å²) >= 11 is 11.7. The van der Waals surface area contributed by atoms with Crippen LogP contribution in [0.2, 0.25) is 10.2 Å². The number of aromatic nitrogens is 1. The number of aromatic amines is 1. The van der Waals surface area contributed by atoms with Crippen molar-refractivity contribution in [2.75, 3.05) is 19.6 Å². The number of nitrogens with zero attached hydrogens (tertiary/aromatic N) is 1. The van der Waals surface area contributed by atoms with Gasteiger partial charge in [0.05, 0.1) is 10.9 Å². The van der Waals surface area contributed by atoms with Crippen molar-refractivity contribution in [3.8, 4) is 0 Å². The molecule has 1 atom stereocenters. The third-order valence-electron chi connectivity index (χ3n) is 4.30. The third-order valence-corrected chi connectivity index (χ3v) is 4.99. The van der Waals surface area contributed by atoms with Gasteiger partial charge in [-0.15, -0.1) is 0 Å². The van der Waals surface area contributed by atoms with Crippen LogP contribution in [0.5, 0.6) is 0 Å². The largest absolute Gasteiger partial charge is 0.356 e. The van der Waals surface area contributed by atoms with Gasteiger partial charge in [-0.3, -0.25) is 9.59 Å². The molecule has 1 aromatic rings. The van der Waals surface area contributed by atoms with Crippen molar-refractivity contribution in [1.29, 1.82) is 0 Å². The van der Waals surface area contributed by atoms with Gasteiger partial charge in [-0.25, -0.2) is 0 Å². The lowest BCUT2D eigenvalue weighted by molar-refractivity contribution is -0.126. The summed E-state index contributed by atoms with van der Waals surface area (Å²) in [5, 5.41) is 3.60. The number of likely N-dealkylation sites (tertiary alicyclic amines) is 1. The number of H-pyrrole nitrogens is 1. The molecule has 1 saturated heterocycles. The molecule has 120 valence electrons. The number of amides is 2. The van der Waals surface area contributed by atoms with Crippen molar-refractivity contribution in [3.63, 3.8) is 0 Å². The van der Waals surface area contributed by atoms with Gasteiger partial charge in [0.2, 0.25) is 5.91 Å². The first kappa shape index (κ1) is 15.7. The highest BCUT2D eigenvalue weighted by Gasteiger charge is 2.30. The predicted molar refractivity (Wildman–Crippen MR) is 85.2 cm³/mol. The minimum absolute atomic E-state index is 0.0620. The fourth-order valence-corrected chi connectivity index (χ4v) is 3.09. The number of rotatable bonds is 4. The van der Waals surface area contributed by atoms with Crippen molar-refractivity contribution in [2.45, 2.75) is 25.7 Å². The molecule has 2 N–H and O–H groups in total. The van der Waals surface area contributed by atoms with E-state index >= 15 is 0 Å². The van der Waals surface area contributed by atoms with E-state index in [9.17, 15) is 9.59 Å². The van der Waals surface area contributed by atoms with Crippen LogP contribution in [0.25, 0.3) is 0 Å². The summed E-state index contributed by atoms with van der Waals surface area (Å²) in [7, 11) is 0. The Balaban J connectivity index is 1.59. The normalized spacial score (nSPS) is 21.7. The predicted octanol–water partition coefficient (Wildman–Crippen LogP) is 2.70. The molecular formula is C15H19Cl2N3O2. The maximum atomic E-state index is 12.5. The Morgan fingerprint density at radius 3 is 2.73 bits per heavy atom. The van der Waals surface area contributed by atoms with Gasteiger partial charge in [-0.1, -0.05) is 23.2 Å². The molecule has 0 aromatic carbocycles. The molecular weight excluding hydrogens is 325 g/mol. The molecule has 2 amide bonds. The summed E-state index contributed by atoms with van der Waals surface area (Å²) in [6, 6.07) is 1.53. The maximum Gasteiger partial charge on any atom is 0.270 e. The van der Waals surface area contributed by atoms with E-state index in [2.05, 4.69) is 10.3 Å². The average molecular weight is 344 g/mol. The number of carbonyl (C=O) groups excluding carboxylic acids is 2. The van der Waals surface area contributed by atoms with Gasteiger partial charge in [0.15, 0.2) is 0 Å². The topological polar surface area (TPSA) is 65.2 Å². The molecule has 0 spiro atoms. The third kappa shape index (κ3) is 3.58. The van der Waals surface area contributed by atoms with E-state index in [1.54, 1.807) is 4.90 Å². The molecule has 1 aliphatic heterocycles. The zero-order chi connectivity index (χ0) is 15.7. The molecule has 3 rings (SSSR count). The quantitative estimate of drug-likeness (QED) is 0.882. The SMILES string of the molecule is O=C(NCC1CC1)C1CCCN(C(=O)c2cc(Cl)c(Cl)[nH]2)C1. The van der Waals surface area contributed by atoms with E-state index in [0.717, 1.165) is 19.4 Å². The summed E-state index contributed by atoms with van der Waals surface area (Å²) in [5.41, 5.74) is 0.369. The molecule has 1 aromatic heterocycles. The lowest BCUT2D eigenvalue weighted by atomic mass is 9.97. The monoisotopic (exact) mass is 343 g/mol. The van der Waals surface area contributed by atoms with Gasteiger partial charge in [0.25, 0.3) is 5.91 Å². The second-order valence-corrected chi connectivity index (χ2v) is 6.91. The second-order valence-electron chi connectivity index (χ2n) is 6.12. The van der Waals surface area contributed by atoms with E-state index in [0.29, 0.717) is 29.7 Å². The number of hydrogen-bond donors (Lipinski definition) is 2. The fraction of sp³-hybridized carbons (Fsp3) is 0.600. The summed E-state index contributed by atoms with van der Waals surface area (Å²) in [4.78, 5) is 29.1. The number of nitrogens with one attached hydrogen (secondary N) is 2. The van der Waals surface area contributed by atoms with E-state index in [1.807, 2.05) is 0 Å². The Morgan fingerprint density at radius 2 is 2.09 bits per heavy atom. The Kier molecular flexibility index (Phi) is 4.64. The molecule has 5 nitrogen and oxygen atoms in total. The smallest absolute Gasteiger partial charge is 0.270 e. The number of halogens is 2. The van der Waals surface area contributed by atoms with Crippen molar-refractivity contribution >= 4 is 35.0 Å². The van der Waals surface area contributed by atoms with Gasteiger partial charge < -0.3 is 15.2 Å². The minimum Gasteiger partial charge on any atom is -0.356 e. The lowest BCUT2D eigenvalue weighted by Gasteiger charge is -2.31. The second kappa shape index (κ2) is 6.50. The fourth-order valence-electron chi connectivity index (χ4n) is 2.78. The van der Waals surface area contributed by atoms with Gasteiger partial charge in [0, 0.05) is 19.6 Å². The van der Waals surface area contributed by atoms with Crippen LogP contribution >= 0.6 is 23.2 Å². The Morgan fingerprint density at radius 1 is 1.32 bits per heavy atom. The Hall–Kier alpha value is -1.20. The lowest BCUT2D eigenvalue weighted by Crippen LogP contribution is -2.45. The molecule has 0 bridgehead atoms. The highest BCUT2D eigenvalue weighted by Crippen LogP contribution is 2.28. The standard InChI is InChI=1S/C15H19Cl2N3O2/c16-11-6-12(19-13(11)17)15(22)20-5-1-2-10(8-20)14(21)18-7-9-3-4-9/h6,9-10,19H,1-5,7-8H2,(H,18,21). The Bertz CT molecular complexity index is 564. The van der Waals surface area contributed by atoms with Crippen LogP contribution in [0.1, 0.15) is 36.2 Å². The van der Waals surface area contributed by atoms with Gasteiger partial charge in [0.1, 0.15) is 10.8 Å². The molecule has 7 heteroatoms. The molecule has 22 heavy (non-hydrogen) atoms. The number of piperidine rings is 1. The molecule has 2 aliphatic rings. The highest BCUT2D eigenvalue weighted by atomic mass is 35.5. The summed E-state index contributed by atoms with van der Waals surface area (Å²) in [6.45, 7) is 1.87. The van der Waals surface area contributed by atoms with Crippen molar-refractivity contribution in [2.24, 2.45) is 11.8 Å². The van der Waals surface area contributed by atoms with Crippen LogP contribution in [-0.4, -0.2) is 41.3 Å². The average Bonchev–Trinajstić information content (AvgIpc) is 3.29. The van der Waals surface area contributed by atoms with Gasteiger partial charge in [-0.2, -0.15) is 0 Å². The minimum atomic E-state index is -0.159. The zero-order valence-electron chi connectivity index (χ0n) is 12.2. The molecule has 2 heterocycles. The molecule has 1 saturated carbocycles. The molecule has 1 unspecified atom stereocenters. The van der Waals surface area contributed by atoms with Crippen LogP contribution < -0.4 is 5.32 Å². The van der Waals surface area contributed by atoms with E-state index < -0.39 is 0 Å². The number of carbonyl (C=O) groups is 2. The zero-order valence-corrected chi connectivity index (χ0v) is 13.7. The highest BCUT2D eigenvalue weighted by molar-refractivity contribution is 6.41.